The second-order valence-corrected chi connectivity index (χ2v) is 13.0. The molecule has 1 saturated heterocycles. The van der Waals surface area contributed by atoms with Gasteiger partial charge in [-0.3, -0.25) is 25.1 Å². The Labute approximate surface area is 279 Å². The van der Waals surface area contributed by atoms with Crippen molar-refractivity contribution in [2.24, 2.45) is 17.8 Å². The van der Waals surface area contributed by atoms with Crippen molar-refractivity contribution in [3.8, 4) is 0 Å². The fourth-order valence-electron chi connectivity index (χ4n) is 6.02. The van der Waals surface area contributed by atoms with E-state index in [1.165, 1.54) is 10.6 Å². The Balaban J connectivity index is 1.47. The highest BCUT2D eigenvalue weighted by Crippen LogP contribution is 2.27. The van der Waals surface area contributed by atoms with Crippen LogP contribution in [0.4, 0.5) is 10.5 Å². The number of hydroxylamine groups is 1. The maximum absolute atomic E-state index is 14.0. The smallest absolute Gasteiger partial charge is 0.306 e. The van der Waals surface area contributed by atoms with Crippen molar-refractivity contribution >= 4 is 23.5 Å². The quantitative estimate of drug-likeness (QED) is 0.140. The minimum Gasteiger partial charge on any atom is -0.306 e. The third-order valence-electron chi connectivity index (χ3n) is 8.70. The van der Waals surface area contributed by atoms with Crippen molar-refractivity contribution in [3.05, 3.63) is 102 Å². The van der Waals surface area contributed by atoms with E-state index in [9.17, 15) is 19.6 Å². The fraction of sp³-hybridized carbons (Fsp3) is 0.432. The molecule has 0 saturated carbocycles. The number of benzene rings is 3. The van der Waals surface area contributed by atoms with Crippen LogP contribution in [0.15, 0.2) is 84.9 Å². The standard InChI is InChI=1S/C37H50N6O4/c1-28(2)25-34(33(36(45)40-47)16-10-15-29-11-6-4-7-12-29)35(44)39-43(27-30-13-8-5-9-14-30)37(46)38-32-19-17-31(18-20-32)26-42-23-21-41(3)22-24-42/h4-9,11-14,17-20,28,33-34,47H,10,15-16,21-27H2,1-3H3,(H,38,46)(H,39,44)(H,40,45)/t33?,34-/m1/s1. The molecule has 1 unspecified atom stereocenters. The second-order valence-electron chi connectivity index (χ2n) is 13.0. The summed E-state index contributed by atoms with van der Waals surface area (Å²) in [7, 11) is 2.14. The van der Waals surface area contributed by atoms with Crippen LogP contribution in [0.25, 0.3) is 0 Å². The van der Waals surface area contributed by atoms with E-state index in [1.807, 2.05) is 98.8 Å². The van der Waals surface area contributed by atoms with Crippen LogP contribution in [0.3, 0.4) is 0 Å². The Morgan fingerprint density at radius 2 is 1.40 bits per heavy atom. The van der Waals surface area contributed by atoms with E-state index in [1.54, 1.807) is 5.48 Å². The molecule has 1 aliphatic heterocycles. The molecule has 1 aliphatic rings. The summed E-state index contributed by atoms with van der Waals surface area (Å²) in [4.78, 5) is 45.4. The molecule has 10 heteroatoms. The molecule has 0 aromatic heterocycles. The van der Waals surface area contributed by atoms with Gasteiger partial charge in [-0.05, 0) is 67.5 Å². The Kier molecular flexibility index (Phi) is 13.8. The normalized spacial score (nSPS) is 15.1. The molecule has 2 atom stereocenters. The predicted molar refractivity (Wildman–Crippen MR) is 184 cm³/mol. The van der Waals surface area contributed by atoms with Crippen molar-refractivity contribution in [1.82, 2.24) is 25.7 Å². The topological polar surface area (TPSA) is 117 Å². The molecule has 10 nitrogen and oxygen atoms in total. The van der Waals surface area contributed by atoms with Crippen LogP contribution >= 0.6 is 0 Å². The second kappa shape index (κ2) is 18.2. The van der Waals surface area contributed by atoms with Crippen LogP contribution in [0.5, 0.6) is 0 Å². The third-order valence-corrected chi connectivity index (χ3v) is 8.70. The molecule has 1 fully saturated rings. The van der Waals surface area contributed by atoms with E-state index in [2.05, 4.69) is 27.6 Å². The van der Waals surface area contributed by atoms with Gasteiger partial charge in [-0.25, -0.2) is 15.3 Å². The Hall–Kier alpha value is -4.25. The average molecular weight is 643 g/mol. The van der Waals surface area contributed by atoms with Crippen LogP contribution in [-0.4, -0.2) is 71.1 Å². The predicted octanol–water partition coefficient (Wildman–Crippen LogP) is 5.31. The van der Waals surface area contributed by atoms with Gasteiger partial charge >= 0.3 is 6.03 Å². The molecule has 47 heavy (non-hydrogen) atoms. The number of amides is 4. The number of nitrogens with zero attached hydrogens (tertiary/aromatic N) is 3. The van der Waals surface area contributed by atoms with Crippen LogP contribution < -0.4 is 16.2 Å². The van der Waals surface area contributed by atoms with Gasteiger partial charge in [-0.15, -0.1) is 0 Å². The molecule has 4 rings (SSSR count). The molecular weight excluding hydrogens is 592 g/mol. The van der Waals surface area contributed by atoms with Crippen LogP contribution in [0.2, 0.25) is 0 Å². The first-order chi connectivity index (χ1) is 22.7. The molecular formula is C37H50N6O4. The first-order valence-electron chi connectivity index (χ1n) is 16.6. The highest BCUT2D eigenvalue weighted by atomic mass is 16.5. The van der Waals surface area contributed by atoms with Gasteiger partial charge in [0.1, 0.15) is 0 Å². The molecule has 252 valence electrons. The zero-order valence-corrected chi connectivity index (χ0v) is 27.9. The van der Waals surface area contributed by atoms with Crippen molar-refractivity contribution < 1.29 is 19.6 Å². The average Bonchev–Trinajstić information content (AvgIpc) is 3.08. The van der Waals surface area contributed by atoms with Gasteiger partial charge in [0.2, 0.25) is 11.8 Å². The number of urea groups is 1. The van der Waals surface area contributed by atoms with Crippen molar-refractivity contribution in [3.63, 3.8) is 0 Å². The van der Waals surface area contributed by atoms with Crippen LogP contribution in [0.1, 0.15) is 49.8 Å². The van der Waals surface area contributed by atoms with Crippen LogP contribution in [-0.2, 0) is 29.1 Å². The third kappa shape index (κ3) is 11.5. The monoisotopic (exact) mass is 642 g/mol. The van der Waals surface area contributed by atoms with Crippen LogP contribution in [0, 0.1) is 17.8 Å². The number of likely N-dealkylation sites (N-methyl/N-ethyl adjacent to an activating group) is 1. The number of carbonyl (C=O) groups is 3. The summed E-state index contributed by atoms with van der Waals surface area (Å²) in [6.45, 7) is 9.09. The van der Waals surface area contributed by atoms with E-state index in [4.69, 9.17) is 0 Å². The lowest BCUT2D eigenvalue weighted by atomic mass is 9.81. The van der Waals surface area contributed by atoms with E-state index >= 15 is 0 Å². The number of carbonyl (C=O) groups excluding carboxylic acids is 3. The molecule has 0 bridgehead atoms. The van der Waals surface area contributed by atoms with E-state index in [0.29, 0.717) is 24.9 Å². The van der Waals surface area contributed by atoms with Gasteiger partial charge < -0.3 is 10.2 Å². The Bertz CT molecular complexity index is 1400. The van der Waals surface area contributed by atoms with E-state index in [-0.39, 0.29) is 12.5 Å². The summed E-state index contributed by atoms with van der Waals surface area (Å²) in [6.07, 6.45) is 2.20. The molecule has 3 aromatic carbocycles. The van der Waals surface area contributed by atoms with Gasteiger partial charge in [0.05, 0.1) is 18.4 Å². The Morgan fingerprint density at radius 3 is 2.00 bits per heavy atom. The fourth-order valence-corrected chi connectivity index (χ4v) is 6.02. The zero-order valence-electron chi connectivity index (χ0n) is 27.9. The first kappa shape index (κ1) is 35.6. The van der Waals surface area contributed by atoms with Gasteiger partial charge in [-0.2, -0.15) is 0 Å². The van der Waals surface area contributed by atoms with Crippen molar-refractivity contribution in [1.29, 1.82) is 0 Å². The van der Waals surface area contributed by atoms with E-state index in [0.717, 1.165) is 50.3 Å². The zero-order chi connectivity index (χ0) is 33.6. The van der Waals surface area contributed by atoms with Gasteiger partial charge in [0.25, 0.3) is 0 Å². The Morgan fingerprint density at radius 1 is 0.787 bits per heavy atom. The number of anilines is 1. The maximum atomic E-state index is 14.0. The number of piperazine rings is 1. The molecule has 0 aliphatic carbocycles. The number of rotatable bonds is 14. The lowest BCUT2D eigenvalue weighted by molar-refractivity contribution is -0.142. The number of aryl methyl sites for hydroxylation is 1. The van der Waals surface area contributed by atoms with Gasteiger partial charge in [0, 0.05) is 38.4 Å². The molecule has 0 radical (unpaired) electrons. The molecule has 4 N–H and O–H groups in total. The largest absolute Gasteiger partial charge is 0.340 e. The number of hydrogen-bond acceptors (Lipinski definition) is 6. The molecule has 1 heterocycles. The lowest BCUT2D eigenvalue weighted by Gasteiger charge is -2.32. The SMILES string of the molecule is CC(C)C[C@@H](C(=O)NN(Cc1ccccc1)C(=O)Nc1ccc(CN2CCN(C)CC2)cc1)C(CCCc1ccccc1)C(=O)NO. The first-order valence-corrected chi connectivity index (χ1v) is 16.6. The number of hydrazine groups is 1. The summed E-state index contributed by atoms with van der Waals surface area (Å²) in [5.74, 6) is -2.50. The summed E-state index contributed by atoms with van der Waals surface area (Å²) in [6, 6.07) is 26.7. The van der Waals surface area contributed by atoms with E-state index < -0.39 is 29.7 Å². The highest BCUT2D eigenvalue weighted by Gasteiger charge is 2.35. The number of nitrogens with one attached hydrogen (secondary N) is 3. The minimum atomic E-state index is -0.777. The highest BCUT2D eigenvalue weighted by molar-refractivity contribution is 5.92. The summed E-state index contributed by atoms with van der Waals surface area (Å²) < 4.78 is 0. The molecule has 4 amide bonds. The summed E-state index contributed by atoms with van der Waals surface area (Å²) >= 11 is 0. The summed E-state index contributed by atoms with van der Waals surface area (Å²) in [5, 5.41) is 13.8. The molecule has 0 spiro atoms. The van der Waals surface area contributed by atoms with Crippen molar-refractivity contribution in [2.45, 2.75) is 52.6 Å². The van der Waals surface area contributed by atoms with Gasteiger partial charge in [-0.1, -0.05) is 86.6 Å². The molecule has 3 aromatic rings. The maximum Gasteiger partial charge on any atom is 0.340 e. The van der Waals surface area contributed by atoms with Crippen molar-refractivity contribution in [2.75, 3.05) is 38.5 Å². The minimum absolute atomic E-state index is 0.0922. The number of hydrogen-bond donors (Lipinski definition) is 4. The van der Waals surface area contributed by atoms with Gasteiger partial charge in [0.15, 0.2) is 0 Å². The lowest BCUT2D eigenvalue weighted by Crippen LogP contribution is -2.52. The summed E-state index contributed by atoms with van der Waals surface area (Å²) in [5.41, 5.74) is 8.37.